The quantitative estimate of drug-likeness (QED) is 0.756. The summed E-state index contributed by atoms with van der Waals surface area (Å²) in [6.45, 7) is 0. The number of carbonyl (C=O) groups is 1. The van der Waals surface area contributed by atoms with Gasteiger partial charge in [-0.2, -0.15) is 0 Å². The lowest BCUT2D eigenvalue weighted by Crippen LogP contribution is -2.04. The molecular weight excluding hydrogens is 186 g/mol. The minimum Gasteiger partial charge on any atom is -0.476 e. The Bertz CT molecular complexity index is 453. The van der Waals surface area contributed by atoms with Gasteiger partial charge >= 0.3 is 5.97 Å². The Balaban J connectivity index is 2.58. The molecule has 70 valence electrons. The van der Waals surface area contributed by atoms with Gasteiger partial charge in [0, 0.05) is 12.4 Å². The Labute approximate surface area is 78.3 Å². The molecule has 14 heavy (non-hydrogen) atoms. The standard InChI is InChI=1S/C8H5N3O3/c12-8(13)7-6(9-1-2-10-7)5-3-14-4-11-5/h1-4H,(H,12,13). The SMILES string of the molecule is O=C(O)c1nccnc1-c1cocn1. The first-order valence-corrected chi connectivity index (χ1v) is 3.72. The zero-order valence-electron chi connectivity index (χ0n) is 6.91. The van der Waals surface area contributed by atoms with Gasteiger partial charge in [-0.3, -0.25) is 4.98 Å². The van der Waals surface area contributed by atoms with Crippen molar-refractivity contribution >= 4 is 5.97 Å². The molecule has 2 aromatic heterocycles. The van der Waals surface area contributed by atoms with Crippen molar-refractivity contribution in [3.63, 3.8) is 0 Å². The van der Waals surface area contributed by atoms with E-state index < -0.39 is 5.97 Å². The highest BCUT2D eigenvalue weighted by Crippen LogP contribution is 2.16. The summed E-state index contributed by atoms with van der Waals surface area (Å²) in [5.74, 6) is -1.14. The van der Waals surface area contributed by atoms with E-state index in [2.05, 4.69) is 15.0 Å². The van der Waals surface area contributed by atoms with Crippen molar-refractivity contribution in [2.24, 2.45) is 0 Å². The van der Waals surface area contributed by atoms with Gasteiger partial charge in [0.15, 0.2) is 12.1 Å². The second kappa shape index (κ2) is 3.25. The number of aromatic nitrogens is 3. The van der Waals surface area contributed by atoms with Crippen LogP contribution in [0, 0.1) is 0 Å². The van der Waals surface area contributed by atoms with Crippen LogP contribution in [0.3, 0.4) is 0 Å². The first-order chi connectivity index (χ1) is 6.79. The molecule has 0 aliphatic heterocycles. The summed E-state index contributed by atoms with van der Waals surface area (Å²) in [6, 6.07) is 0. The third-order valence-corrected chi connectivity index (χ3v) is 1.58. The molecule has 0 bridgehead atoms. The predicted octanol–water partition coefficient (Wildman–Crippen LogP) is 0.830. The summed E-state index contributed by atoms with van der Waals surface area (Å²) in [5.41, 5.74) is 0.422. The molecular formula is C8H5N3O3. The summed E-state index contributed by atoms with van der Waals surface area (Å²) < 4.78 is 4.73. The first kappa shape index (κ1) is 8.36. The molecule has 2 heterocycles. The highest BCUT2D eigenvalue weighted by molar-refractivity contribution is 5.91. The van der Waals surface area contributed by atoms with E-state index in [1.54, 1.807) is 0 Å². The van der Waals surface area contributed by atoms with Gasteiger partial charge in [-0.1, -0.05) is 0 Å². The van der Waals surface area contributed by atoms with E-state index in [0.29, 0.717) is 5.69 Å². The molecule has 0 atom stereocenters. The van der Waals surface area contributed by atoms with Crippen molar-refractivity contribution in [3.8, 4) is 11.4 Å². The van der Waals surface area contributed by atoms with Crippen LogP contribution in [0.4, 0.5) is 0 Å². The molecule has 6 heteroatoms. The lowest BCUT2D eigenvalue weighted by atomic mass is 10.2. The van der Waals surface area contributed by atoms with Gasteiger partial charge in [0.05, 0.1) is 0 Å². The maximum Gasteiger partial charge on any atom is 0.356 e. The third-order valence-electron chi connectivity index (χ3n) is 1.58. The number of nitrogens with zero attached hydrogens (tertiary/aromatic N) is 3. The lowest BCUT2D eigenvalue weighted by Gasteiger charge is -1.98. The molecule has 0 radical (unpaired) electrons. The number of hydrogen-bond acceptors (Lipinski definition) is 5. The number of carboxylic acid groups (broad SMARTS) is 1. The number of oxazole rings is 1. The zero-order valence-corrected chi connectivity index (χ0v) is 6.91. The van der Waals surface area contributed by atoms with Gasteiger partial charge in [0.2, 0.25) is 0 Å². The van der Waals surface area contributed by atoms with Gasteiger partial charge in [0.25, 0.3) is 0 Å². The van der Waals surface area contributed by atoms with E-state index in [1.165, 1.54) is 25.1 Å². The Hall–Kier alpha value is -2.24. The summed E-state index contributed by atoms with van der Waals surface area (Å²) in [5, 5.41) is 8.80. The van der Waals surface area contributed by atoms with Gasteiger partial charge in [-0.25, -0.2) is 14.8 Å². The highest BCUT2D eigenvalue weighted by atomic mass is 16.4. The molecule has 0 spiro atoms. The molecule has 0 saturated carbocycles. The normalized spacial score (nSPS) is 10.0. The smallest absolute Gasteiger partial charge is 0.356 e. The van der Waals surface area contributed by atoms with Crippen LogP contribution in [-0.2, 0) is 0 Å². The molecule has 0 amide bonds. The van der Waals surface area contributed by atoms with Gasteiger partial charge in [0.1, 0.15) is 17.7 Å². The molecule has 2 rings (SSSR count). The molecule has 0 saturated heterocycles. The second-order valence-electron chi connectivity index (χ2n) is 2.43. The molecule has 0 fully saturated rings. The Morgan fingerprint density at radius 2 is 2.07 bits per heavy atom. The predicted molar refractivity (Wildman–Crippen MR) is 44.5 cm³/mol. The van der Waals surface area contributed by atoms with Gasteiger partial charge in [-0.15, -0.1) is 0 Å². The average Bonchev–Trinajstić information content (AvgIpc) is 2.70. The van der Waals surface area contributed by atoms with E-state index in [0.717, 1.165) is 0 Å². The molecule has 0 aliphatic carbocycles. The highest BCUT2D eigenvalue weighted by Gasteiger charge is 2.15. The maximum absolute atomic E-state index is 10.8. The molecule has 0 unspecified atom stereocenters. The molecule has 0 aromatic carbocycles. The summed E-state index contributed by atoms with van der Waals surface area (Å²) >= 11 is 0. The van der Waals surface area contributed by atoms with Gasteiger partial charge in [-0.05, 0) is 0 Å². The van der Waals surface area contributed by atoms with E-state index in [1.807, 2.05) is 0 Å². The van der Waals surface area contributed by atoms with Crippen LogP contribution in [0.1, 0.15) is 10.5 Å². The topological polar surface area (TPSA) is 89.1 Å². The maximum atomic E-state index is 10.8. The third kappa shape index (κ3) is 1.33. The fraction of sp³-hybridized carbons (Fsp3) is 0. The van der Waals surface area contributed by atoms with Crippen LogP contribution in [0.2, 0.25) is 0 Å². The molecule has 1 N–H and O–H groups in total. The van der Waals surface area contributed by atoms with E-state index in [4.69, 9.17) is 9.52 Å². The van der Waals surface area contributed by atoms with Crippen molar-refractivity contribution in [2.75, 3.05) is 0 Å². The van der Waals surface area contributed by atoms with E-state index in [9.17, 15) is 4.79 Å². The zero-order chi connectivity index (χ0) is 9.97. The largest absolute Gasteiger partial charge is 0.476 e. The first-order valence-electron chi connectivity index (χ1n) is 3.72. The monoisotopic (exact) mass is 191 g/mol. The molecule has 2 aromatic rings. The minimum absolute atomic E-state index is 0.138. The average molecular weight is 191 g/mol. The van der Waals surface area contributed by atoms with Crippen molar-refractivity contribution in [2.45, 2.75) is 0 Å². The fourth-order valence-corrected chi connectivity index (χ4v) is 1.01. The van der Waals surface area contributed by atoms with E-state index in [-0.39, 0.29) is 11.4 Å². The summed E-state index contributed by atoms with van der Waals surface area (Å²) in [7, 11) is 0. The van der Waals surface area contributed by atoms with Gasteiger partial charge < -0.3 is 9.52 Å². The van der Waals surface area contributed by atoms with Crippen molar-refractivity contribution < 1.29 is 14.3 Å². The minimum atomic E-state index is -1.14. The lowest BCUT2D eigenvalue weighted by molar-refractivity contribution is 0.0691. The van der Waals surface area contributed by atoms with Crippen LogP contribution in [-0.4, -0.2) is 26.0 Å². The number of carboxylic acids is 1. The van der Waals surface area contributed by atoms with Crippen LogP contribution in [0.15, 0.2) is 29.5 Å². The van der Waals surface area contributed by atoms with Crippen molar-refractivity contribution in [1.82, 2.24) is 15.0 Å². The number of rotatable bonds is 2. The number of aromatic carboxylic acids is 1. The number of hydrogen-bond donors (Lipinski definition) is 1. The van der Waals surface area contributed by atoms with Crippen molar-refractivity contribution in [1.29, 1.82) is 0 Å². The van der Waals surface area contributed by atoms with Crippen LogP contribution in [0.25, 0.3) is 11.4 Å². The fourth-order valence-electron chi connectivity index (χ4n) is 1.01. The summed E-state index contributed by atoms with van der Waals surface area (Å²) in [6.07, 6.45) is 5.23. The Morgan fingerprint density at radius 3 is 2.71 bits per heavy atom. The van der Waals surface area contributed by atoms with Crippen LogP contribution >= 0.6 is 0 Å². The van der Waals surface area contributed by atoms with Crippen molar-refractivity contribution in [3.05, 3.63) is 30.7 Å². The Morgan fingerprint density at radius 1 is 1.29 bits per heavy atom. The van der Waals surface area contributed by atoms with E-state index >= 15 is 0 Å². The van der Waals surface area contributed by atoms with Crippen LogP contribution in [0.5, 0.6) is 0 Å². The Kier molecular flexibility index (Phi) is 1.94. The second-order valence-corrected chi connectivity index (χ2v) is 2.43. The molecule has 6 nitrogen and oxygen atoms in total. The van der Waals surface area contributed by atoms with Crippen LogP contribution < -0.4 is 0 Å². The molecule has 0 aliphatic rings. The summed E-state index contributed by atoms with van der Waals surface area (Å²) in [4.78, 5) is 22.1.